The maximum Gasteiger partial charge on any atom is 0.348 e. The number of anilines is 1. The summed E-state index contributed by atoms with van der Waals surface area (Å²) in [5.41, 5.74) is 0.850. The summed E-state index contributed by atoms with van der Waals surface area (Å²) in [6.45, 7) is 9.82. The fourth-order valence-corrected chi connectivity index (χ4v) is 2.87. The largest absolute Gasteiger partial charge is 0.459 e. The predicted molar refractivity (Wildman–Crippen MR) is 81.4 cm³/mol. The molecule has 0 aromatic carbocycles. The van der Waals surface area contributed by atoms with E-state index in [1.165, 1.54) is 17.7 Å². The van der Waals surface area contributed by atoms with Crippen molar-refractivity contribution in [3.63, 3.8) is 0 Å². The van der Waals surface area contributed by atoms with E-state index in [0.717, 1.165) is 15.8 Å². The molecule has 0 fully saturated rings. The molecule has 0 atom stereocenters. The van der Waals surface area contributed by atoms with E-state index in [-0.39, 0.29) is 12.1 Å². The molecule has 2 aromatic heterocycles. The van der Waals surface area contributed by atoms with Crippen LogP contribution >= 0.6 is 11.3 Å². The normalized spacial score (nSPS) is 10.8. The lowest BCUT2D eigenvalue weighted by Crippen LogP contribution is -2.11. The summed E-state index contributed by atoms with van der Waals surface area (Å²) in [7, 11) is 0. The summed E-state index contributed by atoms with van der Waals surface area (Å²) in [6.07, 6.45) is 3.10. The zero-order valence-electron chi connectivity index (χ0n) is 11.8. The minimum absolute atomic E-state index is 0.142. The van der Waals surface area contributed by atoms with Gasteiger partial charge in [-0.2, -0.15) is 0 Å². The van der Waals surface area contributed by atoms with E-state index in [1.807, 2.05) is 20.8 Å². The molecule has 2 heterocycles. The summed E-state index contributed by atoms with van der Waals surface area (Å²) in [5.74, 6) is 0.405. The maximum atomic E-state index is 12.1. The van der Waals surface area contributed by atoms with E-state index < -0.39 is 0 Å². The summed E-state index contributed by atoms with van der Waals surface area (Å²) in [6, 6.07) is 0. The Bertz CT molecular complexity index is 649. The van der Waals surface area contributed by atoms with Crippen LogP contribution in [0.1, 0.15) is 29.1 Å². The zero-order chi connectivity index (χ0) is 14.7. The summed E-state index contributed by atoms with van der Waals surface area (Å²) in [4.78, 5) is 21.9. The molecule has 0 spiro atoms. The molecule has 2 rings (SSSR count). The molecular weight excluding hydrogens is 274 g/mol. The first kappa shape index (κ1) is 14.5. The first-order valence-corrected chi connectivity index (χ1v) is 7.16. The van der Waals surface area contributed by atoms with Gasteiger partial charge in [0.25, 0.3) is 0 Å². The molecule has 0 aliphatic carbocycles. The van der Waals surface area contributed by atoms with Gasteiger partial charge in [-0.1, -0.05) is 6.08 Å². The zero-order valence-corrected chi connectivity index (χ0v) is 12.6. The lowest BCUT2D eigenvalue weighted by Gasteiger charge is -2.07. The topological polar surface area (TPSA) is 64.1 Å². The number of carbonyl (C=O) groups excluding carboxylic acids is 1. The van der Waals surface area contributed by atoms with E-state index in [1.54, 1.807) is 6.08 Å². The van der Waals surface area contributed by atoms with Crippen molar-refractivity contribution < 1.29 is 9.53 Å². The number of aryl methyl sites for hydroxylation is 1. The third-order valence-electron chi connectivity index (χ3n) is 2.67. The van der Waals surface area contributed by atoms with Gasteiger partial charge in [0.15, 0.2) is 0 Å². The van der Waals surface area contributed by atoms with Crippen molar-refractivity contribution in [2.45, 2.75) is 26.9 Å². The lowest BCUT2D eigenvalue weighted by molar-refractivity contribution is 0.0383. The van der Waals surface area contributed by atoms with Gasteiger partial charge in [0.05, 0.1) is 11.5 Å². The standard InChI is InChI=1S/C14H17N3O2S/c1-5-6-15-12-10-9(4)11(14(18)19-8(2)3)20-13(10)17-7-16-12/h5,7-8H,1,6H2,2-4H3,(H,15,16,17). The number of nitrogens with zero attached hydrogens (tertiary/aromatic N) is 2. The highest BCUT2D eigenvalue weighted by Crippen LogP contribution is 2.33. The number of ether oxygens (including phenoxy) is 1. The van der Waals surface area contributed by atoms with Gasteiger partial charge in [-0.15, -0.1) is 17.9 Å². The maximum absolute atomic E-state index is 12.1. The number of aromatic nitrogens is 2. The second kappa shape index (κ2) is 6.00. The number of fused-ring (bicyclic) bond motifs is 1. The van der Waals surface area contributed by atoms with Crippen LogP contribution in [0.25, 0.3) is 10.2 Å². The van der Waals surface area contributed by atoms with Crippen LogP contribution in [-0.4, -0.2) is 28.6 Å². The minimum Gasteiger partial charge on any atom is -0.459 e. The second-order valence-electron chi connectivity index (χ2n) is 4.58. The van der Waals surface area contributed by atoms with Gasteiger partial charge in [-0.3, -0.25) is 0 Å². The number of carbonyl (C=O) groups is 1. The van der Waals surface area contributed by atoms with Crippen LogP contribution < -0.4 is 5.32 Å². The molecular formula is C14H17N3O2S. The summed E-state index contributed by atoms with van der Waals surface area (Å²) < 4.78 is 5.25. The third kappa shape index (κ3) is 2.80. The highest BCUT2D eigenvalue weighted by atomic mass is 32.1. The molecule has 20 heavy (non-hydrogen) atoms. The monoisotopic (exact) mass is 291 g/mol. The molecule has 0 aliphatic rings. The number of esters is 1. The molecule has 0 radical (unpaired) electrons. The average molecular weight is 291 g/mol. The number of hydrogen-bond acceptors (Lipinski definition) is 6. The van der Waals surface area contributed by atoms with Crippen molar-refractivity contribution in [3.8, 4) is 0 Å². The molecule has 0 unspecified atom stereocenters. The van der Waals surface area contributed by atoms with E-state index in [9.17, 15) is 4.79 Å². The summed E-state index contributed by atoms with van der Waals surface area (Å²) >= 11 is 1.33. The fourth-order valence-electron chi connectivity index (χ4n) is 1.84. The van der Waals surface area contributed by atoms with Gasteiger partial charge in [0.1, 0.15) is 21.9 Å². The van der Waals surface area contributed by atoms with Crippen LogP contribution in [0.2, 0.25) is 0 Å². The minimum atomic E-state index is -0.310. The van der Waals surface area contributed by atoms with E-state index >= 15 is 0 Å². The molecule has 2 aromatic rings. The Kier molecular flexibility index (Phi) is 4.34. The van der Waals surface area contributed by atoms with E-state index in [4.69, 9.17) is 4.74 Å². The van der Waals surface area contributed by atoms with Crippen LogP contribution in [0.15, 0.2) is 19.0 Å². The van der Waals surface area contributed by atoms with Gasteiger partial charge in [0, 0.05) is 6.54 Å². The molecule has 0 saturated heterocycles. The van der Waals surface area contributed by atoms with Crippen molar-refractivity contribution in [1.29, 1.82) is 0 Å². The van der Waals surface area contributed by atoms with Gasteiger partial charge < -0.3 is 10.1 Å². The van der Waals surface area contributed by atoms with Crippen LogP contribution in [0.5, 0.6) is 0 Å². The van der Waals surface area contributed by atoms with Crippen molar-refractivity contribution >= 4 is 33.3 Å². The average Bonchev–Trinajstić information content (AvgIpc) is 2.74. The van der Waals surface area contributed by atoms with Crippen molar-refractivity contribution in [2.24, 2.45) is 0 Å². The highest BCUT2D eigenvalue weighted by molar-refractivity contribution is 7.20. The molecule has 1 N–H and O–H groups in total. The molecule has 0 aliphatic heterocycles. The second-order valence-corrected chi connectivity index (χ2v) is 5.58. The molecule has 106 valence electrons. The Morgan fingerprint density at radius 3 is 2.95 bits per heavy atom. The van der Waals surface area contributed by atoms with E-state index in [0.29, 0.717) is 17.2 Å². The van der Waals surface area contributed by atoms with Gasteiger partial charge in [0.2, 0.25) is 0 Å². The first-order chi connectivity index (χ1) is 9.54. The Morgan fingerprint density at radius 2 is 2.30 bits per heavy atom. The highest BCUT2D eigenvalue weighted by Gasteiger charge is 2.20. The van der Waals surface area contributed by atoms with Gasteiger partial charge in [-0.05, 0) is 26.3 Å². The number of thiophene rings is 1. The van der Waals surface area contributed by atoms with Crippen LogP contribution in [0.3, 0.4) is 0 Å². The van der Waals surface area contributed by atoms with Gasteiger partial charge in [-0.25, -0.2) is 14.8 Å². The fraction of sp³-hybridized carbons (Fsp3) is 0.357. The number of rotatable bonds is 5. The first-order valence-electron chi connectivity index (χ1n) is 6.34. The summed E-state index contributed by atoms with van der Waals surface area (Å²) in [5, 5.41) is 4.03. The van der Waals surface area contributed by atoms with Crippen molar-refractivity contribution in [2.75, 3.05) is 11.9 Å². The molecule has 0 amide bonds. The molecule has 0 bridgehead atoms. The van der Waals surface area contributed by atoms with Crippen molar-refractivity contribution in [1.82, 2.24) is 9.97 Å². The Labute approximate surface area is 121 Å². The Morgan fingerprint density at radius 1 is 1.55 bits per heavy atom. The van der Waals surface area contributed by atoms with Crippen LogP contribution in [0, 0.1) is 6.92 Å². The Balaban J connectivity index is 2.47. The smallest absolute Gasteiger partial charge is 0.348 e. The molecule has 6 heteroatoms. The van der Waals surface area contributed by atoms with Crippen LogP contribution in [-0.2, 0) is 4.74 Å². The molecule has 5 nitrogen and oxygen atoms in total. The number of nitrogens with one attached hydrogen (secondary N) is 1. The van der Waals surface area contributed by atoms with Crippen LogP contribution in [0.4, 0.5) is 5.82 Å². The van der Waals surface area contributed by atoms with Crippen molar-refractivity contribution in [3.05, 3.63) is 29.4 Å². The third-order valence-corrected chi connectivity index (χ3v) is 3.85. The quantitative estimate of drug-likeness (QED) is 0.677. The lowest BCUT2D eigenvalue weighted by atomic mass is 10.2. The van der Waals surface area contributed by atoms with Gasteiger partial charge >= 0.3 is 5.97 Å². The SMILES string of the molecule is C=CCNc1ncnc2sc(C(=O)OC(C)C)c(C)c12. The Hall–Kier alpha value is -1.95. The number of hydrogen-bond donors (Lipinski definition) is 1. The van der Waals surface area contributed by atoms with E-state index in [2.05, 4.69) is 21.9 Å². The molecule has 0 saturated carbocycles. The predicted octanol–water partition coefficient (Wildman–Crippen LogP) is 3.16.